The summed E-state index contributed by atoms with van der Waals surface area (Å²) in [5.41, 5.74) is 0.838. The average Bonchev–Trinajstić information content (AvgIpc) is 2.75. The highest BCUT2D eigenvalue weighted by atomic mass is 32.2. The number of rotatable bonds is 4. The minimum absolute atomic E-state index is 0.000667. The Balaban J connectivity index is 1.63. The number of anilines is 1. The number of fused-ring (bicyclic) bond motifs is 1. The van der Waals surface area contributed by atoms with Crippen molar-refractivity contribution in [1.82, 2.24) is 9.71 Å². The molecule has 0 unspecified atom stereocenters. The van der Waals surface area contributed by atoms with Crippen molar-refractivity contribution in [2.45, 2.75) is 11.4 Å². The van der Waals surface area contributed by atoms with Crippen molar-refractivity contribution in [3.05, 3.63) is 77.6 Å². The highest BCUT2D eigenvalue weighted by Crippen LogP contribution is 2.41. The van der Waals surface area contributed by atoms with Crippen LogP contribution in [0.25, 0.3) is 0 Å². The quantitative estimate of drug-likeness (QED) is 0.613. The van der Waals surface area contributed by atoms with Gasteiger partial charge in [0, 0.05) is 6.20 Å². The number of aliphatic imine (C=N–C) groups is 1. The summed E-state index contributed by atoms with van der Waals surface area (Å²) in [4.78, 5) is 8.90. The topological polar surface area (TPSA) is 82.3 Å². The molecule has 0 amide bonds. The Bertz CT molecular complexity index is 1150. The third-order valence-electron chi connectivity index (χ3n) is 4.01. The van der Waals surface area contributed by atoms with E-state index in [2.05, 4.69) is 20.0 Å². The zero-order valence-corrected chi connectivity index (χ0v) is 15.6. The third-order valence-corrected chi connectivity index (χ3v) is 4.87. The number of hydrogen-bond donors (Lipinski definition) is 2. The molecule has 3 aromatic rings. The number of nitriles is 1. The van der Waals surface area contributed by atoms with Crippen LogP contribution in [0.4, 0.5) is 14.5 Å². The van der Waals surface area contributed by atoms with Crippen LogP contribution in [0.3, 0.4) is 0 Å². The largest absolute Gasteiger partial charge is 0.451 e. The van der Waals surface area contributed by atoms with Gasteiger partial charge in [0.2, 0.25) is 5.96 Å². The third kappa shape index (κ3) is 3.97. The number of hydrogen-bond acceptors (Lipinski definition) is 5. The van der Waals surface area contributed by atoms with Gasteiger partial charge in [-0.1, -0.05) is 12.1 Å². The normalized spacial score (nSPS) is 13.8. The number of benzene rings is 2. The van der Waals surface area contributed by atoms with E-state index in [4.69, 9.17) is 4.74 Å². The van der Waals surface area contributed by atoms with E-state index in [-0.39, 0.29) is 29.3 Å². The molecule has 2 heterocycles. The van der Waals surface area contributed by atoms with Crippen LogP contribution in [-0.2, 0) is 6.54 Å². The van der Waals surface area contributed by atoms with Crippen molar-refractivity contribution in [1.29, 1.82) is 5.26 Å². The second kappa shape index (κ2) is 8.16. The first kappa shape index (κ1) is 18.7. The number of nitrogens with zero attached hydrogens (tertiary/aromatic N) is 3. The minimum Gasteiger partial charge on any atom is -0.451 e. The van der Waals surface area contributed by atoms with Gasteiger partial charge in [-0.15, -0.1) is 0 Å². The fourth-order valence-electron chi connectivity index (χ4n) is 2.61. The van der Waals surface area contributed by atoms with E-state index in [1.54, 1.807) is 30.3 Å². The van der Waals surface area contributed by atoms with Gasteiger partial charge in [-0.2, -0.15) is 5.26 Å². The number of pyridine rings is 1. The number of halogens is 2. The second-order valence-corrected chi connectivity index (χ2v) is 6.73. The molecule has 2 N–H and O–H groups in total. The zero-order chi connectivity index (χ0) is 20.2. The molecule has 1 aliphatic heterocycles. The predicted octanol–water partition coefficient (Wildman–Crippen LogP) is 4.60. The maximum Gasteiger partial charge on any atom is 0.206 e. The lowest BCUT2D eigenvalue weighted by molar-refractivity contribution is 0.442. The lowest BCUT2D eigenvalue weighted by Gasteiger charge is -2.23. The van der Waals surface area contributed by atoms with Crippen LogP contribution in [0.5, 0.6) is 11.5 Å². The van der Waals surface area contributed by atoms with Gasteiger partial charge < -0.3 is 10.1 Å². The van der Waals surface area contributed by atoms with Crippen molar-refractivity contribution in [2.75, 3.05) is 5.32 Å². The Kier molecular flexibility index (Phi) is 5.27. The Labute approximate surface area is 169 Å². The van der Waals surface area contributed by atoms with Crippen LogP contribution in [0, 0.1) is 23.0 Å². The summed E-state index contributed by atoms with van der Waals surface area (Å²) < 4.78 is 37.0. The number of aromatic nitrogens is 1. The second-order valence-electron chi connectivity index (χ2n) is 5.89. The van der Waals surface area contributed by atoms with Crippen molar-refractivity contribution in [2.24, 2.45) is 4.99 Å². The fraction of sp³-hybridized carbons (Fsp3) is 0.0500. The molecule has 0 atom stereocenters. The summed E-state index contributed by atoms with van der Waals surface area (Å²) >= 11 is 1.21. The SMILES string of the molecule is N#Cc1ccccc1Oc1c(F)ccc2c1NC(=NCc1ncccc1F)NS2. The molecule has 2 aromatic carbocycles. The summed E-state index contributed by atoms with van der Waals surface area (Å²) in [7, 11) is 0. The van der Waals surface area contributed by atoms with Gasteiger partial charge in [-0.05, 0) is 48.3 Å². The van der Waals surface area contributed by atoms with Gasteiger partial charge in [-0.25, -0.2) is 13.8 Å². The van der Waals surface area contributed by atoms with Gasteiger partial charge in [0.15, 0.2) is 11.6 Å². The number of ether oxygens (including phenoxy) is 1. The lowest BCUT2D eigenvalue weighted by Crippen LogP contribution is -2.30. The first-order valence-electron chi connectivity index (χ1n) is 8.49. The van der Waals surface area contributed by atoms with Crippen LogP contribution in [0.2, 0.25) is 0 Å². The summed E-state index contributed by atoms with van der Waals surface area (Å²) in [6, 6.07) is 14.3. The predicted molar refractivity (Wildman–Crippen MR) is 106 cm³/mol. The zero-order valence-electron chi connectivity index (χ0n) is 14.8. The van der Waals surface area contributed by atoms with Gasteiger partial charge in [0.1, 0.15) is 23.3 Å². The molecule has 0 radical (unpaired) electrons. The molecule has 4 rings (SSSR count). The molecule has 1 aliphatic rings. The monoisotopic (exact) mass is 409 g/mol. The van der Waals surface area contributed by atoms with Gasteiger partial charge in [0.05, 0.1) is 22.7 Å². The van der Waals surface area contributed by atoms with E-state index in [9.17, 15) is 14.0 Å². The molecule has 0 fully saturated rings. The van der Waals surface area contributed by atoms with E-state index < -0.39 is 11.6 Å². The van der Waals surface area contributed by atoms with Crippen LogP contribution in [0.1, 0.15) is 11.3 Å². The molecule has 0 bridgehead atoms. The Morgan fingerprint density at radius 1 is 1.10 bits per heavy atom. The summed E-state index contributed by atoms with van der Waals surface area (Å²) in [6.45, 7) is 0.000667. The smallest absolute Gasteiger partial charge is 0.206 e. The Hall–Kier alpha value is -3.64. The highest BCUT2D eigenvalue weighted by Gasteiger charge is 2.23. The Morgan fingerprint density at radius 3 is 2.79 bits per heavy atom. The van der Waals surface area contributed by atoms with Gasteiger partial charge >= 0.3 is 0 Å². The van der Waals surface area contributed by atoms with Crippen molar-refractivity contribution in [3.8, 4) is 17.6 Å². The maximum absolute atomic E-state index is 14.6. The first-order valence-corrected chi connectivity index (χ1v) is 9.30. The molecular weight excluding hydrogens is 396 g/mol. The molecule has 0 saturated heterocycles. The van der Waals surface area contributed by atoms with E-state index in [1.807, 2.05) is 6.07 Å². The van der Waals surface area contributed by atoms with Crippen molar-refractivity contribution < 1.29 is 13.5 Å². The van der Waals surface area contributed by atoms with E-state index >= 15 is 0 Å². The van der Waals surface area contributed by atoms with Gasteiger partial charge in [-0.3, -0.25) is 9.71 Å². The standard InChI is InChI=1S/C20H13F2N5OS/c21-13-5-3-9-24-15(13)11-25-20-26-18-17(29-27-20)8-7-14(22)19(18)28-16-6-2-1-4-12(16)10-23/h1-9H,11H2,(H2,25,26,27). The highest BCUT2D eigenvalue weighted by molar-refractivity contribution is 7.98. The molecule has 29 heavy (non-hydrogen) atoms. The molecular formula is C20H13F2N5OS. The Morgan fingerprint density at radius 2 is 1.97 bits per heavy atom. The number of guanidine groups is 1. The molecule has 1 aromatic heterocycles. The van der Waals surface area contributed by atoms with Gasteiger partial charge in [0.25, 0.3) is 0 Å². The van der Waals surface area contributed by atoms with E-state index in [0.29, 0.717) is 16.5 Å². The van der Waals surface area contributed by atoms with Crippen molar-refractivity contribution >= 4 is 23.6 Å². The summed E-state index contributed by atoms with van der Waals surface area (Å²) in [6.07, 6.45) is 1.48. The molecule has 0 aliphatic carbocycles. The van der Waals surface area contributed by atoms with Crippen LogP contribution in [0.15, 0.2) is 64.6 Å². The van der Waals surface area contributed by atoms with Crippen LogP contribution in [-0.4, -0.2) is 10.9 Å². The molecule has 6 nitrogen and oxygen atoms in total. The molecule has 144 valence electrons. The van der Waals surface area contributed by atoms with Crippen LogP contribution < -0.4 is 14.8 Å². The maximum atomic E-state index is 14.6. The lowest BCUT2D eigenvalue weighted by atomic mass is 10.2. The molecule has 9 heteroatoms. The molecule has 0 saturated carbocycles. The molecule has 0 spiro atoms. The number of nitrogens with one attached hydrogen (secondary N) is 2. The number of para-hydroxylation sites is 1. The minimum atomic E-state index is -0.596. The average molecular weight is 409 g/mol. The van der Waals surface area contributed by atoms with Crippen molar-refractivity contribution in [3.63, 3.8) is 0 Å². The summed E-state index contributed by atoms with van der Waals surface area (Å²) in [5, 5.41) is 12.2. The van der Waals surface area contributed by atoms with E-state index in [0.717, 1.165) is 0 Å². The first-order chi connectivity index (χ1) is 14.2. The van der Waals surface area contributed by atoms with Crippen LogP contribution >= 0.6 is 11.9 Å². The van der Waals surface area contributed by atoms with E-state index in [1.165, 1.54) is 36.3 Å². The fourth-order valence-corrected chi connectivity index (χ4v) is 3.31. The summed E-state index contributed by atoms with van der Waals surface area (Å²) in [5.74, 6) is -0.570.